The van der Waals surface area contributed by atoms with Crippen molar-refractivity contribution in [3.05, 3.63) is 35.1 Å². The van der Waals surface area contributed by atoms with Crippen molar-refractivity contribution in [2.45, 2.75) is 19.4 Å². The average Bonchev–Trinajstić information content (AvgIpc) is 2.74. The van der Waals surface area contributed by atoms with Crippen LogP contribution in [0.3, 0.4) is 0 Å². The van der Waals surface area contributed by atoms with E-state index in [4.69, 9.17) is 9.15 Å². The maximum atomic E-state index is 12.6. The molecule has 23 heavy (non-hydrogen) atoms. The number of nitrogens with one attached hydrogen (secondary N) is 1. The number of ether oxygens (including phenoxy) is 1. The number of sulfone groups is 1. The van der Waals surface area contributed by atoms with E-state index in [1.54, 1.807) is 0 Å². The van der Waals surface area contributed by atoms with Crippen LogP contribution in [0.4, 0.5) is 0 Å². The van der Waals surface area contributed by atoms with Gasteiger partial charge in [0.2, 0.25) is 0 Å². The van der Waals surface area contributed by atoms with Crippen LogP contribution in [0.25, 0.3) is 11.0 Å². The van der Waals surface area contributed by atoms with Crippen molar-refractivity contribution in [2.75, 3.05) is 25.2 Å². The van der Waals surface area contributed by atoms with Gasteiger partial charge in [0.1, 0.15) is 21.0 Å². The van der Waals surface area contributed by atoms with Gasteiger partial charge in [-0.15, -0.1) is 0 Å². The number of amides is 1. The molecule has 3 rings (SSSR count). The molecular formula is C16H19NO5S. The molecule has 124 valence electrons. The van der Waals surface area contributed by atoms with Gasteiger partial charge in [0.25, 0.3) is 5.91 Å². The number of hydrogen-bond donors (Lipinski definition) is 1. The molecule has 0 spiro atoms. The maximum absolute atomic E-state index is 12.6. The second-order valence-corrected chi connectivity index (χ2v) is 8.45. The Kier molecular flexibility index (Phi) is 3.72. The van der Waals surface area contributed by atoms with Gasteiger partial charge >= 0.3 is 0 Å². The van der Waals surface area contributed by atoms with Crippen LogP contribution in [0.1, 0.15) is 21.7 Å². The van der Waals surface area contributed by atoms with Crippen molar-refractivity contribution in [3.63, 3.8) is 0 Å². The van der Waals surface area contributed by atoms with Crippen molar-refractivity contribution >= 4 is 26.7 Å². The van der Waals surface area contributed by atoms with Crippen LogP contribution in [0.5, 0.6) is 0 Å². The summed E-state index contributed by atoms with van der Waals surface area (Å²) < 4.78 is 34.0. The van der Waals surface area contributed by atoms with Crippen LogP contribution in [0, 0.1) is 13.8 Å². The largest absolute Gasteiger partial charge is 0.450 e. The van der Waals surface area contributed by atoms with E-state index in [1.807, 2.05) is 32.0 Å². The van der Waals surface area contributed by atoms with Crippen molar-refractivity contribution < 1.29 is 22.4 Å². The molecule has 7 heteroatoms. The summed E-state index contributed by atoms with van der Waals surface area (Å²) in [4.78, 5) is 12.6. The van der Waals surface area contributed by atoms with E-state index in [9.17, 15) is 13.2 Å². The summed E-state index contributed by atoms with van der Waals surface area (Å²) >= 11 is 0. The third-order valence-electron chi connectivity index (χ3n) is 4.04. The fourth-order valence-corrected chi connectivity index (χ4v) is 4.18. The molecule has 1 fully saturated rings. The van der Waals surface area contributed by atoms with Gasteiger partial charge in [0.15, 0.2) is 5.76 Å². The monoisotopic (exact) mass is 337 g/mol. The molecule has 1 aliphatic heterocycles. The molecule has 0 bridgehead atoms. The first kappa shape index (κ1) is 16.0. The van der Waals surface area contributed by atoms with E-state index in [0.717, 1.165) is 22.8 Å². The van der Waals surface area contributed by atoms with Gasteiger partial charge in [-0.25, -0.2) is 8.42 Å². The van der Waals surface area contributed by atoms with Crippen LogP contribution in [-0.2, 0) is 14.6 Å². The Morgan fingerprint density at radius 3 is 2.52 bits per heavy atom. The highest BCUT2D eigenvalue weighted by Gasteiger charge is 2.43. The molecule has 0 saturated carbocycles. The lowest BCUT2D eigenvalue weighted by atomic mass is 10.00. The summed E-state index contributed by atoms with van der Waals surface area (Å²) in [5, 5.41) is 3.67. The van der Waals surface area contributed by atoms with Gasteiger partial charge in [0, 0.05) is 17.2 Å². The fraction of sp³-hybridized carbons (Fsp3) is 0.438. The number of rotatable bonds is 4. The summed E-state index contributed by atoms with van der Waals surface area (Å²) in [5.74, 6) is -0.344. The molecule has 1 aromatic heterocycles. The first-order valence-electron chi connectivity index (χ1n) is 7.27. The standard InChI is InChI=1S/C16H19NO5S/c1-10-5-4-6-12-11(2)14(22-13(10)12)15(18)17-16(7-21-8-16)9-23(3,19)20/h4-6H,7-9H2,1-3H3,(H,17,18). The Hall–Kier alpha value is -1.86. The molecule has 0 radical (unpaired) electrons. The van der Waals surface area contributed by atoms with Crippen LogP contribution in [0.15, 0.2) is 22.6 Å². The smallest absolute Gasteiger partial charge is 0.287 e. The number of furan rings is 1. The molecule has 2 heterocycles. The summed E-state index contributed by atoms with van der Waals surface area (Å²) in [5.41, 5.74) is 1.50. The van der Waals surface area contributed by atoms with Crippen LogP contribution >= 0.6 is 0 Å². The molecule has 1 saturated heterocycles. The number of benzene rings is 1. The Bertz CT molecular complexity index is 877. The number of para-hydroxylation sites is 1. The molecule has 0 unspecified atom stereocenters. The van der Waals surface area contributed by atoms with Crippen LogP contribution < -0.4 is 5.32 Å². The van der Waals surface area contributed by atoms with Crippen LogP contribution in [-0.4, -0.2) is 45.1 Å². The highest BCUT2D eigenvalue weighted by molar-refractivity contribution is 7.90. The highest BCUT2D eigenvalue weighted by Crippen LogP contribution is 2.28. The predicted octanol–water partition coefficient (Wildman–Crippen LogP) is 1.59. The molecule has 1 aromatic carbocycles. The summed E-state index contributed by atoms with van der Waals surface area (Å²) in [6, 6.07) is 5.72. The normalized spacial score (nSPS) is 17.0. The summed E-state index contributed by atoms with van der Waals surface area (Å²) in [7, 11) is -3.24. The molecule has 0 atom stereocenters. The molecule has 1 aliphatic rings. The molecule has 1 N–H and O–H groups in total. The van der Waals surface area contributed by atoms with Gasteiger partial charge in [-0.2, -0.15) is 0 Å². The minimum Gasteiger partial charge on any atom is -0.450 e. The minimum absolute atomic E-state index is 0.149. The molecular weight excluding hydrogens is 318 g/mol. The quantitative estimate of drug-likeness (QED) is 0.916. The summed E-state index contributed by atoms with van der Waals surface area (Å²) in [6.07, 6.45) is 1.15. The Balaban J connectivity index is 1.92. The zero-order chi connectivity index (χ0) is 16.8. The number of carbonyl (C=O) groups excluding carboxylic acids is 1. The van der Waals surface area contributed by atoms with E-state index in [0.29, 0.717) is 5.58 Å². The predicted molar refractivity (Wildman–Crippen MR) is 86.4 cm³/mol. The van der Waals surface area contributed by atoms with Crippen molar-refractivity contribution in [3.8, 4) is 0 Å². The Morgan fingerprint density at radius 1 is 1.30 bits per heavy atom. The summed E-state index contributed by atoms with van der Waals surface area (Å²) in [6.45, 7) is 4.10. The molecule has 1 amide bonds. The van der Waals surface area contributed by atoms with Gasteiger partial charge in [-0.1, -0.05) is 18.2 Å². The lowest BCUT2D eigenvalue weighted by Crippen LogP contribution is -2.65. The van der Waals surface area contributed by atoms with Crippen molar-refractivity contribution in [1.29, 1.82) is 0 Å². The average molecular weight is 337 g/mol. The third kappa shape index (κ3) is 2.98. The molecule has 0 aliphatic carbocycles. The zero-order valence-corrected chi connectivity index (χ0v) is 14.1. The molecule has 2 aromatic rings. The van der Waals surface area contributed by atoms with Crippen molar-refractivity contribution in [1.82, 2.24) is 5.32 Å². The van der Waals surface area contributed by atoms with Gasteiger partial charge in [-0.3, -0.25) is 4.79 Å². The number of aryl methyl sites for hydroxylation is 2. The first-order valence-corrected chi connectivity index (χ1v) is 9.34. The van der Waals surface area contributed by atoms with Gasteiger partial charge < -0.3 is 14.5 Å². The topological polar surface area (TPSA) is 85.6 Å². The Morgan fingerprint density at radius 2 is 2.00 bits per heavy atom. The SMILES string of the molecule is Cc1c(C(=O)NC2(CS(C)(=O)=O)COC2)oc2c(C)cccc12. The van der Waals surface area contributed by atoms with E-state index in [-0.39, 0.29) is 24.7 Å². The Labute approximate surface area is 134 Å². The fourth-order valence-electron chi connectivity index (χ4n) is 2.94. The first-order chi connectivity index (χ1) is 10.7. The zero-order valence-electron chi connectivity index (χ0n) is 13.3. The second kappa shape index (κ2) is 5.35. The number of carbonyl (C=O) groups is 1. The van der Waals surface area contributed by atoms with E-state index >= 15 is 0 Å². The van der Waals surface area contributed by atoms with Gasteiger partial charge in [0.05, 0.1) is 19.0 Å². The van der Waals surface area contributed by atoms with Crippen molar-refractivity contribution in [2.24, 2.45) is 0 Å². The van der Waals surface area contributed by atoms with Gasteiger partial charge in [-0.05, 0) is 19.4 Å². The molecule has 6 nitrogen and oxygen atoms in total. The highest BCUT2D eigenvalue weighted by atomic mass is 32.2. The lowest BCUT2D eigenvalue weighted by molar-refractivity contribution is -0.0577. The van der Waals surface area contributed by atoms with E-state index < -0.39 is 21.3 Å². The maximum Gasteiger partial charge on any atom is 0.287 e. The lowest BCUT2D eigenvalue weighted by Gasteiger charge is -2.41. The minimum atomic E-state index is -3.24. The number of hydrogen-bond acceptors (Lipinski definition) is 5. The third-order valence-corrected chi connectivity index (χ3v) is 5.12. The second-order valence-electron chi connectivity index (χ2n) is 6.31. The van der Waals surface area contributed by atoms with Crippen LogP contribution in [0.2, 0.25) is 0 Å². The number of fused-ring (bicyclic) bond motifs is 1. The van der Waals surface area contributed by atoms with E-state index in [2.05, 4.69) is 5.32 Å². The van der Waals surface area contributed by atoms with E-state index in [1.165, 1.54) is 0 Å².